The van der Waals surface area contributed by atoms with Gasteiger partial charge in [0, 0.05) is 10.1 Å². The van der Waals surface area contributed by atoms with Crippen molar-refractivity contribution < 1.29 is 39.2 Å². The third kappa shape index (κ3) is 5.32. The van der Waals surface area contributed by atoms with Gasteiger partial charge in [-0.25, -0.2) is 12.8 Å². The van der Waals surface area contributed by atoms with Crippen LogP contribution in [0.15, 0.2) is 46.9 Å². The molecule has 0 unspecified atom stereocenters. The van der Waals surface area contributed by atoms with E-state index in [1.807, 2.05) is 0 Å². The lowest BCUT2D eigenvalue weighted by Gasteiger charge is -2.24. The molecule has 0 spiro atoms. The molecule has 0 amide bonds. The van der Waals surface area contributed by atoms with Crippen LogP contribution >= 0.6 is 27.3 Å². The molecule has 168 valence electrons. The molecule has 0 aliphatic rings. The molecule has 13 heteroatoms. The highest BCUT2D eigenvalue weighted by Gasteiger charge is 2.40. The first-order valence-electron chi connectivity index (χ1n) is 8.29. The van der Waals surface area contributed by atoms with Gasteiger partial charge in [0.15, 0.2) is 5.75 Å². The number of hydrogen-bond acceptors (Lipinski definition) is 3. The number of benzene rings is 2. The molecule has 0 radical (unpaired) electrons. The summed E-state index contributed by atoms with van der Waals surface area (Å²) in [6.45, 7) is -0.854. The summed E-state index contributed by atoms with van der Waals surface area (Å²) in [4.78, 5) is 0. The van der Waals surface area contributed by atoms with Crippen LogP contribution in [0.5, 0.6) is 0 Å². The van der Waals surface area contributed by atoms with E-state index in [-0.39, 0.29) is 15.0 Å². The van der Waals surface area contributed by atoms with Gasteiger partial charge in [-0.2, -0.15) is 26.3 Å². The second kappa shape index (κ2) is 8.24. The van der Waals surface area contributed by atoms with Crippen LogP contribution in [0.4, 0.5) is 35.7 Å². The number of rotatable bonds is 5. The zero-order chi connectivity index (χ0) is 23.2. The molecular formula is C18H11BrF7NO2S2. The van der Waals surface area contributed by atoms with Crippen LogP contribution in [0.2, 0.25) is 0 Å². The Balaban J connectivity index is 2.14. The van der Waals surface area contributed by atoms with E-state index in [1.54, 1.807) is 24.3 Å². The number of hydrogen-bond donors (Lipinski definition) is 0. The fraction of sp³-hybridized carbons (Fsp3) is 0.222. The van der Waals surface area contributed by atoms with E-state index in [0.717, 1.165) is 17.4 Å². The second-order valence-corrected chi connectivity index (χ2v) is 10.1. The van der Waals surface area contributed by atoms with E-state index in [1.165, 1.54) is 0 Å². The summed E-state index contributed by atoms with van der Waals surface area (Å²) in [5.41, 5.74) is -1.97. The zero-order valence-electron chi connectivity index (χ0n) is 15.1. The van der Waals surface area contributed by atoms with Crippen molar-refractivity contribution in [2.45, 2.75) is 18.9 Å². The Kier molecular flexibility index (Phi) is 6.33. The summed E-state index contributed by atoms with van der Waals surface area (Å²) in [7, 11) is -5.05. The van der Waals surface area contributed by atoms with Crippen LogP contribution in [0.3, 0.4) is 0 Å². The van der Waals surface area contributed by atoms with Crippen LogP contribution < -0.4 is 4.31 Å². The number of halogens is 8. The highest BCUT2D eigenvalue weighted by atomic mass is 79.9. The monoisotopic (exact) mass is 549 g/mol. The number of anilines is 1. The summed E-state index contributed by atoms with van der Waals surface area (Å²) >= 11 is 4.03. The average molecular weight is 550 g/mol. The van der Waals surface area contributed by atoms with Gasteiger partial charge in [-0.3, -0.25) is 4.31 Å². The van der Waals surface area contributed by atoms with Gasteiger partial charge in [-0.15, -0.1) is 11.3 Å². The summed E-state index contributed by atoms with van der Waals surface area (Å²) in [6, 6.07) is 8.25. The molecule has 2 aromatic carbocycles. The molecule has 1 heterocycles. The Bertz CT molecular complexity index is 1220. The first-order valence-corrected chi connectivity index (χ1v) is 11.5. The molecule has 0 N–H and O–H groups in total. The lowest BCUT2D eigenvalue weighted by Crippen LogP contribution is -2.37. The lowest BCUT2D eigenvalue weighted by atomic mass is 10.1. The number of nitrogens with zero attached hydrogens (tertiary/aromatic N) is 1. The van der Waals surface area contributed by atoms with Gasteiger partial charge in [0.2, 0.25) is 10.0 Å². The first kappa shape index (κ1) is 23.8. The Labute approximate surface area is 184 Å². The molecule has 0 saturated carbocycles. The molecule has 0 bridgehead atoms. The Morgan fingerprint density at radius 2 is 1.65 bits per heavy atom. The molecule has 0 fully saturated rings. The van der Waals surface area contributed by atoms with Gasteiger partial charge >= 0.3 is 12.4 Å². The maximum atomic E-state index is 13.6. The zero-order valence-corrected chi connectivity index (χ0v) is 18.3. The molecule has 3 aromatic rings. The third-order valence-corrected chi connectivity index (χ3v) is 8.14. The highest BCUT2D eigenvalue weighted by molar-refractivity contribution is 9.10. The fourth-order valence-electron chi connectivity index (χ4n) is 2.80. The Hall–Kier alpha value is -1.86. The van der Waals surface area contributed by atoms with E-state index >= 15 is 0 Å². The number of thiophene rings is 1. The van der Waals surface area contributed by atoms with Crippen LogP contribution in [0.1, 0.15) is 11.1 Å². The van der Waals surface area contributed by atoms with Crippen molar-refractivity contribution in [3.8, 4) is 0 Å². The first-order chi connectivity index (χ1) is 14.2. The van der Waals surface area contributed by atoms with Crippen molar-refractivity contribution in [3.05, 3.63) is 63.9 Å². The number of sulfonamides is 1. The maximum Gasteiger partial charge on any atom is 0.419 e. The second-order valence-electron chi connectivity index (χ2n) is 6.41. The van der Waals surface area contributed by atoms with E-state index in [2.05, 4.69) is 15.9 Å². The van der Waals surface area contributed by atoms with Crippen molar-refractivity contribution >= 4 is 52.4 Å². The van der Waals surface area contributed by atoms with Gasteiger partial charge in [-0.1, -0.05) is 24.3 Å². The SMILES string of the molecule is O=S(=O)(CC(F)(F)F)N(Cc1ccc(F)c(C(F)(F)F)c1)c1sc2ccccc2c1Br. The largest absolute Gasteiger partial charge is 0.419 e. The molecule has 0 aliphatic carbocycles. The minimum atomic E-state index is -5.08. The van der Waals surface area contributed by atoms with Crippen LogP contribution in [0, 0.1) is 5.82 Å². The molecule has 1 aromatic heterocycles. The normalized spacial score (nSPS) is 13.0. The van der Waals surface area contributed by atoms with Crippen LogP contribution in [0.25, 0.3) is 10.1 Å². The van der Waals surface area contributed by atoms with Crippen molar-refractivity contribution in [1.82, 2.24) is 0 Å². The topological polar surface area (TPSA) is 37.4 Å². The molecule has 3 nitrogen and oxygen atoms in total. The standard InChI is InChI=1S/C18H11BrF7NO2S2/c19-15-11-3-1-2-4-14(11)30-16(15)27(31(28,29)9-17(21,22)23)8-10-5-6-13(20)12(7-10)18(24,25)26/h1-7H,8-9H2. The van der Waals surface area contributed by atoms with Gasteiger partial charge in [0.25, 0.3) is 0 Å². The summed E-state index contributed by atoms with van der Waals surface area (Å²) in [6.07, 6.45) is -10.1. The summed E-state index contributed by atoms with van der Waals surface area (Å²) in [5, 5.41) is 0.383. The third-order valence-electron chi connectivity index (χ3n) is 4.09. The van der Waals surface area contributed by atoms with E-state index < -0.39 is 46.1 Å². The smallest absolute Gasteiger partial charge is 0.255 e. The molecule has 0 atom stereocenters. The van der Waals surface area contributed by atoms with Gasteiger partial charge in [0.05, 0.1) is 16.6 Å². The van der Waals surface area contributed by atoms with Crippen molar-refractivity contribution in [1.29, 1.82) is 0 Å². The van der Waals surface area contributed by atoms with Gasteiger partial charge in [0.1, 0.15) is 10.8 Å². The average Bonchev–Trinajstić information content (AvgIpc) is 2.94. The predicted octanol–water partition coefficient (Wildman–Crippen LogP) is 6.72. The van der Waals surface area contributed by atoms with E-state index in [9.17, 15) is 39.2 Å². The van der Waals surface area contributed by atoms with Crippen molar-refractivity contribution in [3.63, 3.8) is 0 Å². The van der Waals surface area contributed by atoms with Crippen LogP contribution in [-0.2, 0) is 22.7 Å². The van der Waals surface area contributed by atoms with E-state index in [4.69, 9.17) is 0 Å². The van der Waals surface area contributed by atoms with Crippen LogP contribution in [-0.4, -0.2) is 20.3 Å². The summed E-state index contributed by atoms with van der Waals surface area (Å²) in [5.74, 6) is -3.79. The maximum absolute atomic E-state index is 13.6. The predicted molar refractivity (Wildman–Crippen MR) is 107 cm³/mol. The molecule has 0 aliphatic heterocycles. The number of fused-ring (bicyclic) bond motifs is 1. The van der Waals surface area contributed by atoms with Crippen molar-refractivity contribution in [2.75, 3.05) is 10.1 Å². The summed E-state index contributed by atoms with van der Waals surface area (Å²) < 4.78 is 118. The molecule has 31 heavy (non-hydrogen) atoms. The van der Waals surface area contributed by atoms with Gasteiger partial charge in [-0.05, 0) is 39.7 Å². The highest BCUT2D eigenvalue weighted by Crippen LogP contribution is 2.44. The minimum absolute atomic E-state index is 0.136. The Morgan fingerprint density at radius 3 is 2.23 bits per heavy atom. The number of alkyl halides is 6. The molecule has 0 saturated heterocycles. The quantitative estimate of drug-likeness (QED) is 0.331. The molecular weight excluding hydrogens is 539 g/mol. The minimum Gasteiger partial charge on any atom is -0.255 e. The van der Waals surface area contributed by atoms with E-state index in [0.29, 0.717) is 26.5 Å². The molecule has 3 rings (SSSR count). The van der Waals surface area contributed by atoms with Gasteiger partial charge < -0.3 is 0 Å². The van der Waals surface area contributed by atoms with Crippen molar-refractivity contribution in [2.24, 2.45) is 0 Å². The lowest BCUT2D eigenvalue weighted by molar-refractivity contribution is -0.140. The fourth-order valence-corrected chi connectivity index (χ4v) is 6.56. The Morgan fingerprint density at radius 1 is 1.00 bits per heavy atom.